The predicted octanol–water partition coefficient (Wildman–Crippen LogP) is 3.95. The van der Waals surface area contributed by atoms with Crippen LogP contribution in [0.5, 0.6) is 0 Å². The predicted molar refractivity (Wildman–Crippen MR) is 85.5 cm³/mol. The van der Waals surface area contributed by atoms with Crippen LogP contribution in [0.1, 0.15) is 40.4 Å². The van der Waals surface area contributed by atoms with Gasteiger partial charge in [0.2, 0.25) is 0 Å². The van der Waals surface area contributed by atoms with E-state index in [-0.39, 0.29) is 11.8 Å². The zero-order valence-electron chi connectivity index (χ0n) is 13.4. The molecule has 0 aliphatic heterocycles. The van der Waals surface area contributed by atoms with Gasteiger partial charge in [0.05, 0.1) is 12.0 Å². The lowest BCUT2D eigenvalue weighted by atomic mass is 10.2. The second-order valence-corrected chi connectivity index (χ2v) is 3.55. The topological polar surface area (TPSA) is 56.5 Å². The van der Waals surface area contributed by atoms with E-state index in [1.807, 2.05) is 27.7 Å². The molecule has 0 N–H and O–H groups in total. The molecule has 4 heteroatoms. The van der Waals surface area contributed by atoms with E-state index >= 15 is 0 Å². The highest BCUT2D eigenvalue weighted by Crippen LogP contribution is 2.12. The standard InChI is InChI=1S/C13H12O4.2C2H6/c1-2-16-13(15)8-9-7-11(14)10-5-3-4-6-12(10)17-9;2*1-2/h3-7H,2,8H2,1H3;2*1-2H3. The molecule has 2 aromatic rings. The van der Waals surface area contributed by atoms with Crippen LogP contribution in [0.3, 0.4) is 0 Å². The summed E-state index contributed by atoms with van der Waals surface area (Å²) in [6, 6.07) is 8.27. The minimum atomic E-state index is -0.397. The SMILES string of the molecule is CC.CC.CCOC(=O)Cc1cc(=O)c2ccccc2o1. The Morgan fingerprint density at radius 1 is 1.14 bits per heavy atom. The van der Waals surface area contributed by atoms with Gasteiger partial charge in [-0.1, -0.05) is 39.8 Å². The number of carbonyl (C=O) groups is 1. The zero-order valence-corrected chi connectivity index (χ0v) is 13.4. The highest BCUT2D eigenvalue weighted by molar-refractivity contribution is 5.77. The summed E-state index contributed by atoms with van der Waals surface area (Å²) in [6.07, 6.45) is -0.0199. The second-order valence-electron chi connectivity index (χ2n) is 3.55. The Kier molecular flexibility index (Phi) is 9.59. The van der Waals surface area contributed by atoms with Gasteiger partial charge < -0.3 is 9.15 Å². The van der Waals surface area contributed by atoms with Crippen molar-refractivity contribution in [2.45, 2.75) is 41.0 Å². The Balaban J connectivity index is 0.000000921. The van der Waals surface area contributed by atoms with Gasteiger partial charge in [0, 0.05) is 6.07 Å². The molecule has 116 valence electrons. The van der Waals surface area contributed by atoms with E-state index in [0.717, 1.165) is 0 Å². The van der Waals surface area contributed by atoms with Crippen molar-refractivity contribution in [2.75, 3.05) is 6.61 Å². The Labute approximate surface area is 125 Å². The second kappa shape index (κ2) is 10.7. The molecule has 2 rings (SSSR count). The summed E-state index contributed by atoms with van der Waals surface area (Å²) in [6.45, 7) is 10.0. The Hall–Kier alpha value is -2.10. The Morgan fingerprint density at radius 3 is 2.38 bits per heavy atom. The number of ether oxygens (including phenoxy) is 1. The lowest BCUT2D eigenvalue weighted by molar-refractivity contribution is -0.142. The van der Waals surface area contributed by atoms with Crippen molar-refractivity contribution in [2.24, 2.45) is 0 Å². The molecule has 0 radical (unpaired) electrons. The number of hydrogen-bond acceptors (Lipinski definition) is 4. The first-order chi connectivity index (χ1) is 10.2. The van der Waals surface area contributed by atoms with Crippen molar-refractivity contribution in [1.82, 2.24) is 0 Å². The van der Waals surface area contributed by atoms with Crippen LogP contribution >= 0.6 is 0 Å². The van der Waals surface area contributed by atoms with Crippen LogP contribution in [0, 0.1) is 0 Å². The molecule has 1 aromatic carbocycles. The van der Waals surface area contributed by atoms with Gasteiger partial charge in [-0.05, 0) is 19.1 Å². The number of rotatable bonds is 3. The fraction of sp³-hybridized carbons (Fsp3) is 0.412. The molecular formula is C17H24O4. The third-order valence-electron chi connectivity index (χ3n) is 2.31. The van der Waals surface area contributed by atoms with Gasteiger partial charge in [0.25, 0.3) is 0 Å². The molecule has 1 heterocycles. The number of hydrogen-bond donors (Lipinski definition) is 0. The first-order valence-corrected chi connectivity index (χ1v) is 7.38. The van der Waals surface area contributed by atoms with Crippen LogP contribution in [0.2, 0.25) is 0 Å². The Morgan fingerprint density at radius 2 is 1.76 bits per heavy atom. The van der Waals surface area contributed by atoms with Gasteiger partial charge in [-0.2, -0.15) is 0 Å². The normalized spacial score (nSPS) is 9.00. The fourth-order valence-corrected chi connectivity index (χ4v) is 1.60. The van der Waals surface area contributed by atoms with Gasteiger partial charge in [0.1, 0.15) is 17.8 Å². The molecule has 0 saturated carbocycles. The van der Waals surface area contributed by atoms with Crippen LogP contribution in [-0.2, 0) is 16.0 Å². The van der Waals surface area contributed by atoms with Crippen LogP contribution in [0.4, 0.5) is 0 Å². The summed E-state index contributed by atoms with van der Waals surface area (Å²) < 4.78 is 10.3. The van der Waals surface area contributed by atoms with Crippen molar-refractivity contribution in [3.05, 3.63) is 46.3 Å². The van der Waals surface area contributed by atoms with E-state index in [2.05, 4.69) is 0 Å². The first kappa shape index (κ1) is 18.9. The number of esters is 1. The van der Waals surface area contributed by atoms with Crippen molar-refractivity contribution in [3.63, 3.8) is 0 Å². The number of fused-ring (bicyclic) bond motifs is 1. The molecule has 0 unspecified atom stereocenters. The van der Waals surface area contributed by atoms with Gasteiger partial charge in [0.15, 0.2) is 5.43 Å². The van der Waals surface area contributed by atoms with Gasteiger partial charge in [-0.3, -0.25) is 9.59 Å². The molecule has 21 heavy (non-hydrogen) atoms. The van der Waals surface area contributed by atoms with E-state index in [4.69, 9.17) is 9.15 Å². The molecule has 1 aromatic heterocycles. The Bertz CT molecular complexity index is 599. The molecule has 0 aliphatic carbocycles. The minimum Gasteiger partial charge on any atom is -0.466 e. The van der Waals surface area contributed by atoms with E-state index in [0.29, 0.717) is 23.3 Å². The molecule has 0 amide bonds. The molecule has 0 spiro atoms. The van der Waals surface area contributed by atoms with Crippen LogP contribution in [0.15, 0.2) is 39.5 Å². The summed E-state index contributed by atoms with van der Waals surface area (Å²) in [4.78, 5) is 23.0. The molecule has 0 fully saturated rings. The molecular weight excluding hydrogens is 268 g/mol. The van der Waals surface area contributed by atoms with Gasteiger partial charge in [-0.15, -0.1) is 0 Å². The van der Waals surface area contributed by atoms with Crippen molar-refractivity contribution < 1.29 is 13.9 Å². The van der Waals surface area contributed by atoms with Crippen molar-refractivity contribution >= 4 is 16.9 Å². The minimum absolute atomic E-state index is 0.0199. The maximum Gasteiger partial charge on any atom is 0.313 e. The molecule has 4 nitrogen and oxygen atoms in total. The van der Waals surface area contributed by atoms with E-state index in [1.54, 1.807) is 31.2 Å². The van der Waals surface area contributed by atoms with Gasteiger partial charge in [-0.25, -0.2) is 0 Å². The molecule has 0 atom stereocenters. The highest BCUT2D eigenvalue weighted by atomic mass is 16.5. The molecule has 0 saturated heterocycles. The quantitative estimate of drug-likeness (QED) is 0.804. The molecule has 0 bridgehead atoms. The summed E-state index contributed by atoms with van der Waals surface area (Å²) in [5, 5.41) is 0.514. The molecule has 0 aliphatic rings. The van der Waals surface area contributed by atoms with Crippen LogP contribution in [-0.4, -0.2) is 12.6 Å². The first-order valence-electron chi connectivity index (χ1n) is 7.38. The van der Waals surface area contributed by atoms with Crippen LogP contribution in [0.25, 0.3) is 11.0 Å². The summed E-state index contributed by atoms with van der Waals surface area (Å²) in [7, 11) is 0. The average molecular weight is 292 g/mol. The van der Waals surface area contributed by atoms with E-state index < -0.39 is 5.97 Å². The smallest absolute Gasteiger partial charge is 0.313 e. The average Bonchev–Trinajstić information content (AvgIpc) is 2.51. The summed E-state index contributed by atoms with van der Waals surface area (Å²) >= 11 is 0. The summed E-state index contributed by atoms with van der Waals surface area (Å²) in [5.74, 6) is -0.0712. The third kappa shape index (κ3) is 5.81. The monoisotopic (exact) mass is 292 g/mol. The fourth-order valence-electron chi connectivity index (χ4n) is 1.60. The third-order valence-corrected chi connectivity index (χ3v) is 2.31. The highest BCUT2D eigenvalue weighted by Gasteiger charge is 2.09. The van der Waals surface area contributed by atoms with Crippen LogP contribution < -0.4 is 5.43 Å². The maximum absolute atomic E-state index is 11.7. The number of benzene rings is 1. The lowest BCUT2D eigenvalue weighted by Gasteiger charge is -2.02. The summed E-state index contributed by atoms with van der Waals surface area (Å²) in [5.41, 5.74) is 0.338. The lowest BCUT2D eigenvalue weighted by Crippen LogP contribution is -2.10. The zero-order chi connectivity index (χ0) is 16.3. The number of carbonyl (C=O) groups excluding carboxylic acids is 1. The maximum atomic E-state index is 11.7. The van der Waals surface area contributed by atoms with Crippen molar-refractivity contribution in [3.8, 4) is 0 Å². The van der Waals surface area contributed by atoms with Gasteiger partial charge >= 0.3 is 5.97 Å². The largest absolute Gasteiger partial charge is 0.466 e. The number of para-hydroxylation sites is 1. The van der Waals surface area contributed by atoms with E-state index in [9.17, 15) is 9.59 Å². The van der Waals surface area contributed by atoms with E-state index in [1.165, 1.54) is 6.07 Å². The van der Waals surface area contributed by atoms with Crippen molar-refractivity contribution in [1.29, 1.82) is 0 Å².